The standard InChI is InChI=1S/C16H23NO5S/c1-20-12-4-3-5-13(21-2)14(12)15(19)17-10-16(22-8-7-18)6-9-23-11-16/h3-5,18H,6-11H2,1-2H3,(H,17,19). The van der Waals surface area contributed by atoms with Gasteiger partial charge in [0, 0.05) is 12.3 Å². The van der Waals surface area contributed by atoms with E-state index in [2.05, 4.69) is 5.32 Å². The van der Waals surface area contributed by atoms with Crippen molar-refractivity contribution < 1.29 is 24.1 Å². The lowest BCUT2D eigenvalue weighted by Crippen LogP contribution is -2.46. The molecule has 1 aliphatic rings. The quantitative estimate of drug-likeness (QED) is 0.743. The van der Waals surface area contributed by atoms with Crippen molar-refractivity contribution >= 4 is 17.7 Å². The van der Waals surface area contributed by atoms with Crippen molar-refractivity contribution in [3.8, 4) is 11.5 Å². The number of hydrogen-bond donors (Lipinski definition) is 2. The zero-order valence-electron chi connectivity index (χ0n) is 13.5. The minimum atomic E-state index is -0.418. The summed E-state index contributed by atoms with van der Waals surface area (Å²) in [6.45, 7) is 0.634. The third kappa shape index (κ3) is 4.31. The molecule has 128 valence electrons. The van der Waals surface area contributed by atoms with Gasteiger partial charge >= 0.3 is 0 Å². The first-order valence-corrected chi connectivity index (χ1v) is 8.63. The summed E-state index contributed by atoms with van der Waals surface area (Å²) in [5.74, 6) is 2.46. The van der Waals surface area contributed by atoms with Crippen molar-refractivity contribution in [2.24, 2.45) is 0 Å². The lowest BCUT2D eigenvalue weighted by Gasteiger charge is -2.29. The molecule has 0 aromatic heterocycles. The van der Waals surface area contributed by atoms with Crippen LogP contribution < -0.4 is 14.8 Å². The summed E-state index contributed by atoms with van der Waals surface area (Å²) >= 11 is 1.79. The molecule has 2 N–H and O–H groups in total. The number of hydrogen-bond acceptors (Lipinski definition) is 6. The molecule has 0 bridgehead atoms. The van der Waals surface area contributed by atoms with Crippen LogP contribution in [0.15, 0.2) is 18.2 Å². The van der Waals surface area contributed by atoms with Crippen LogP contribution in [0, 0.1) is 0 Å². The van der Waals surface area contributed by atoms with E-state index in [1.807, 2.05) is 0 Å². The Bertz CT molecular complexity index is 509. The summed E-state index contributed by atoms with van der Waals surface area (Å²) in [4.78, 5) is 12.6. The molecule has 1 saturated heterocycles. The van der Waals surface area contributed by atoms with Crippen molar-refractivity contribution in [1.29, 1.82) is 0 Å². The molecular formula is C16H23NO5S. The number of ether oxygens (including phenoxy) is 3. The number of aliphatic hydroxyl groups is 1. The van der Waals surface area contributed by atoms with Gasteiger partial charge in [0.2, 0.25) is 0 Å². The zero-order valence-corrected chi connectivity index (χ0v) is 14.3. The van der Waals surface area contributed by atoms with E-state index in [1.165, 1.54) is 14.2 Å². The van der Waals surface area contributed by atoms with Gasteiger partial charge in [-0.2, -0.15) is 11.8 Å². The number of amides is 1. The lowest BCUT2D eigenvalue weighted by atomic mass is 10.0. The van der Waals surface area contributed by atoms with Gasteiger partial charge < -0.3 is 24.6 Å². The van der Waals surface area contributed by atoms with Crippen molar-refractivity contribution in [1.82, 2.24) is 5.32 Å². The smallest absolute Gasteiger partial charge is 0.258 e. The number of thioether (sulfide) groups is 1. The van der Waals surface area contributed by atoms with E-state index < -0.39 is 5.60 Å². The van der Waals surface area contributed by atoms with Gasteiger partial charge in [0.1, 0.15) is 17.1 Å². The SMILES string of the molecule is COc1cccc(OC)c1C(=O)NCC1(OCCO)CCSC1. The number of rotatable bonds is 8. The Balaban J connectivity index is 2.09. The van der Waals surface area contributed by atoms with Crippen molar-refractivity contribution in [2.75, 3.05) is 45.5 Å². The molecule has 0 saturated carbocycles. The number of carbonyl (C=O) groups is 1. The molecule has 1 aromatic carbocycles. The molecule has 1 unspecified atom stereocenters. The molecule has 0 radical (unpaired) electrons. The first-order valence-electron chi connectivity index (χ1n) is 7.47. The zero-order chi connectivity index (χ0) is 16.7. The van der Waals surface area contributed by atoms with Crippen LogP contribution in [0.4, 0.5) is 0 Å². The van der Waals surface area contributed by atoms with Crippen LogP contribution in [-0.2, 0) is 4.74 Å². The van der Waals surface area contributed by atoms with Crippen LogP contribution in [-0.4, -0.2) is 62.1 Å². The van der Waals surface area contributed by atoms with Crippen LogP contribution in [0.1, 0.15) is 16.8 Å². The fraction of sp³-hybridized carbons (Fsp3) is 0.562. The molecule has 1 amide bonds. The van der Waals surface area contributed by atoms with Gasteiger partial charge in [0.15, 0.2) is 0 Å². The molecule has 1 heterocycles. The van der Waals surface area contributed by atoms with Crippen LogP contribution in [0.3, 0.4) is 0 Å². The van der Waals surface area contributed by atoms with Gasteiger partial charge in [0.05, 0.1) is 33.0 Å². The van der Waals surface area contributed by atoms with E-state index in [4.69, 9.17) is 19.3 Å². The Morgan fingerprint density at radius 2 is 2.04 bits per heavy atom. The van der Waals surface area contributed by atoms with Gasteiger partial charge in [-0.15, -0.1) is 0 Å². The molecule has 1 aliphatic heterocycles. The second-order valence-electron chi connectivity index (χ2n) is 5.28. The van der Waals surface area contributed by atoms with E-state index in [0.29, 0.717) is 23.6 Å². The lowest BCUT2D eigenvalue weighted by molar-refractivity contribution is -0.0378. The predicted octanol–water partition coefficient (Wildman–Crippen LogP) is 1.32. The van der Waals surface area contributed by atoms with Gasteiger partial charge in [-0.25, -0.2) is 0 Å². The van der Waals surface area contributed by atoms with Gasteiger partial charge in [-0.1, -0.05) is 6.07 Å². The molecule has 0 aliphatic carbocycles. The Morgan fingerprint density at radius 3 is 2.57 bits per heavy atom. The highest BCUT2D eigenvalue weighted by molar-refractivity contribution is 7.99. The summed E-state index contributed by atoms with van der Waals surface area (Å²) < 4.78 is 16.3. The average Bonchev–Trinajstić information content (AvgIpc) is 3.06. The minimum Gasteiger partial charge on any atom is -0.496 e. The highest BCUT2D eigenvalue weighted by Crippen LogP contribution is 2.32. The van der Waals surface area contributed by atoms with E-state index in [1.54, 1.807) is 30.0 Å². The van der Waals surface area contributed by atoms with Gasteiger partial charge in [-0.3, -0.25) is 4.79 Å². The second-order valence-corrected chi connectivity index (χ2v) is 6.38. The van der Waals surface area contributed by atoms with E-state index >= 15 is 0 Å². The van der Waals surface area contributed by atoms with E-state index in [-0.39, 0.29) is 19.1 Å². The van der Waals surface area contributed by atoms with E-state index in [9.17, 15) is 4.79 Å². The molecule has 1 fully saturated rings. The average molecular weight is 341 g/mol. The topological polar surface area (TPSA) is 77.0 Å². The Kier molecular flexibility index (Phi) is 6.56. The summed E-state index contributed by atoms with van der Waals surface area (Å²) in [5, 5.41) is 11.9. The monoisotopic (exact) mass is 341 g/mol. The van der Waals surface area contributed by atoms with Gasteiger partial charge in [-0.05, 0) is 24.3 Å². The molecular weight excluding hydrogens is 318 g/mol. The van der Waals surface area contributed by atoms with Crippen molar-refractivity contribution in [3.05, 3.63) is 23.8 Å². The third-order valence-corrected chi connectivity index (χ3v) is 5.02. The summed E-state index contributed by atoms with van der Waals surface area (Å²) in [6, 6.07) is 5.22. The fourth-order valence-corrected chi connectivity index (χ4v) is 3.92. The third-order valence-electron chi connectivity index (χ3n) is 3.79. The maximum Gasteiger partial charge on any atom is 0.258 e. The molecule has 0 spiro atoms. The van der Waals surface area contributed by atoms with Crippen molar-refractivity contribution in [2.45, 2.75) is 12.0 Å². The highest BCUT2D eigenvalue weighted by Gasteiger charge is 2.36. The summed E-state index contributed by atoms with van der Waals surface area (Å²) in [7, 11) is 3.04. The Morgan fingerprint density at radius 1 is 1.35 bits per heavy atom. The fourth-order valence-electron chi connectivity index (χ4n) is 2.56. The van der Waals surface area contributed by atoms with Crippen LogP contribution in [0.5, 0.6) is 11.5 Å². The maximum atomic E-state index is 12.6. The molecule has 7 heteroatoms. The molecule has 1 aromatic rings. The number of nitrogens with one attached hydrogen (secondary N) is 1. The number of benzene rings is 1. The van der Waals surface area contributed by atoms with Crippen molar-refractivity contribution in [3.63, 3.8) is 0 Å². The Hall–Kier alpha value is -1.44. The molecule has 23 heavy (non-hydrogen) atoms. The normalized spacial score (nSPS) is 20.3. The van der Waals surface area contributed by atoms with Crippen LogP contribution in [0.2, 0.25) is 0 Å². The molecule has 2 rings (SSSR count). The number of methoxy groups -OCH3 is 2. The molecule has 6 nitrogen and oxygen atoms in total. The number of aliphatic hydroxyl groups excluding tert-OH is 1. The van der Waals surface area contributed by atoms with Crippen LogP contribution >= 0.6 is 11.8 Å². The largest absolute Gasteiger partial charge is 0.496 e. The first-order chi connectivity index (χ1) is 11.2. The van der Waals surface area contributed by atoms with E-state index in [0.717, 1.165) is 17.9 Å². The number of carbonyl (C=O) groups excluding carboxylic acids is 1. The second kappa shape index (κ2) is 8.42. The molecule has 1 atom stereocenters. The summed E-state index contributed by atoms with van der Waals surface area (Å²) in [5.41, 5.74) is -0.0429. The van der Waals surface area contributed by atoms with Gasteiger partial charge in [0.25, 0.3) is 5.91 Å². The van der Waals surface area contributed by atoms with Crippen LogP contribution in [0.25, 0.3) is 0 Å². The maximum absolute atomic E-state index is 12.6. The first kappa shape index (κ1) is 17.9. The summed E-state index contributed by atoms with van der Waals surface area (Å²) in [6.07, 6.45) is 0.848. The Labute approximate surface area is 140 Å². The highest BCUT2D eigenvalue weighted by atomic mass is 32.2. The minimum absolute atomic E-state index is 0.0271. The predicted molar refractivity (Wildman–Crippen MR) is 89.6 cm³/mol.